The van der Waals surface area contributed by atoms with Gasteiger partial charge in [0.25, 0.3) is 0 Å². The van der Waals surface area contributed by atoms with E-state index in [-0.39, 0.29) is 18.1 Å². The van der Waals surface area contributed by atoms with Crippen LogP contribution in [0.4, 0.5) is 0 Å². The van der Waals surface area contributed by atoms with Gasteiger partial charge in [0.15, 0.2) is 0 Å². The maximum atomic E-state index is 12.1. The van der Waals surface area contributed by atoms with E-state index in [2.05, 4.69) is 14.8 Å². The molecule has 0 radical (unpaired) electrons. The summed E-state index contributed by atoms with van der Waals surface area (Å²) in [5.74, 6) is 1.13. The molecule has 23 heavy (non-hydrogen) atoms. The monoisotopic (exact) mass is 318 g/mol. The van der Waals surface area contributed by atoms with Crippen LogP contribution in [-0.4, -0.2) is 78.5 Å². The first-order chi connectivity index (χ1) is 11.0. The highest BCUT2D eigenvalue weighted by atomic mass is 16.5. The molecule has 1 aromatic heterocycles. The van der Waals surface area contributed by atoms with Crippen LogP contribution in [0.2, 0.25) is 0 Å². The number of aromatic nitrogens is 1. The zero-order valence-corrected chi connectivity index (χ0v) is 14.2. The molecular formula is C17H26N4O2. The summed E-state index contributed by atoms with van der Waals surface area (Å²) in [6.45, 7) is 3.43. The Morgan fingerprint density at radius 1 is 1.35 bits per heavy atom. The minimum Gasteiger partial charge on any atom is -0.489 e. The van der Waals surface area contributed by atoms with Crippen LogP contribution in [-0.2, 0) is 11.3 Å². The summed E-state index contributed by atoms with van der Waals surface area (Å²) in [7, 11) is 5.94. The molecule has 126 valence electrons. The van der Waals surface area contributed by atoms with Crippen LogP contribution in [0.3, 0.4) is 0 Å². The van der Waals surface area contributed by atoms with Crippen molar-refractivity contribution in [2.24, 2.45) is 0 Å². The van der Waals surface area contributed by atoms with Gasteiger partial charge in [-0.15, -0.1) is 0 Å². The van der Waals surface area contributed by atoms with Crippen molar-refractivity contribution in [3.05, 3.63) is 24.0 Å². The standard InChI is InChI=1S/C17H26N4O2/c1-19(2)11-13-10-14(4-7-18-13)23-15-5-9-21(12-15)16-6-8-20(3)17(16)22/h4,7,10,15-16H,5-6,8-9,11-12H2,1-3H3. The minimum atomic E-state index is 0.0512. The Morgan fingerprint density at radius 2 is 2.17 bits per heavy atom. The summed E-state index contributed by atoms with van der Waals surface area (Å²) in [6, 6.07) is 3.98. The van der Waals surface area contributed by atoms with Gasteiger partial charge in [0.1, 0.15) is 11.9 Å². The van der Waals surface area contributed by atoms with E-state index in [1.54, 1.807) is 6.20 Å². The van der Waals surface area contributed by atoms with Crippen LogP contribution in [0.25, 0.3) is 0 Å². The summed E-state index contributed by atoms with van der Waals surface area (Å²) in [6.07, 6.45) is 3.86. The lowest BCUT2D eigenvalue weighted by Crippen LogP contribution is -2.40. The molecule has 0 spiro atoms. The van der Waals surface area contributed by atoms with Crippen molar-refractivity contribution in [2.75, 3.05) is 40.8 Å². The van der Waals surface area contributed by atoms with Crippen LogP contribution >= 0.6 is 0 Å². The van der Waals surface area contributed by atoms with Crippen LogP contribution in [0.5, 0.6) is 5.75 Å². The van der Waals surface area contributed by atoms with Crippen molar-refractivity contribution in [3.8, 4) is 5.75 Å². The molecule has 2 saturated heterocycles. The van der Waals surface area contributed by atoms with Crippen LogP contribution in [0, 0.1) is 0 Å². The summed E-state index contributed by atoms with van der Waals surface area (Å²) >= 11 is 0. The largest absolute Gasteiger partial charge is 0.489 e. The van der Waals surface area contributed by atoms with Crippen molar-refractivity contribution >= 4 is 5.91 Å². The lowest BCUT2D eigenvalue weighted by Gasteiger charge is -2.22. The van der Waals surface area contributed by atoms with Gasteiger partial charge in [-0.1, -0.05) is 0 Å². The first-order valence-corrected chi connectivity index (χ1v) is 8.28. The number of nitrogens with zero attached hydrogens (tertiary/aromatic N) is 4. The van der Waals surface area contributed by atoms with Gasteiger partial charge in [0.05, 0.1) is 11.7 Å². The highest BCUT2D eigenvalue weighted by molar-refractivity contribution is 5.83. The molecule has 3 heterocycles. The molecule has 2 fully saturated rings. The number of carbonyl (C=O) groups excluding carboxylic acids is 1. The van der Waals surface area contributed by atoms with Gasteiger partial charge >= 0.3 is 0 Å². The molecule has 2 unspecified atom stereocenters. The number of amides is 1. The summed E-state index contributed by atoms with van der Waals surface area (Å²) in [4.78, 5) is 22.7. The Morgan fingerprint density at radius 3 is 2.87 bits per heavy atom. The molecule has 0 saturated carbocycles. The van der Waals surface area contributed by atoms with Crippen LogP contribution in [0.1, 0.15) is 18.5 Å². The molecule has 6 heteroatoms. The predicted molar refractivity (Wildman–Crippen MR) is 88.3 cm³/mol. The van der Waals surface area contributed by atoms with Crippen molar-refractivity contribution in [2.45, 2.75) is 31.5 Å². The van der Waals surface area contributed by atoms with E-state index in [9.17, 15) is 4.79 Å². The normalized spacial score (nSPS) is 25.6. The van der Waals surface area contributed by atoms with E-state index >= 15 is 0 Å². The fraction of sp³-hybridized carbons (Fsp3) is 0.647. The topological polar surface area (TPSA) is 48.9 Å². The summed E-state index contributed by atoms with van der Waals surface area (Å²) in [5, 5.41) is 0. The second kappa shape index (κ2) is 6.84. The molecule has 0 N–H and O–H groups in total. The molecule has 3 rings (SSSR count). The van der Waals surface area contributed by atoms with Crippen LogP contribution < -0.4 is 4.74 Å². The van der Waals surface area contributed by atoms with E-state index in [0.29, 0.717) is 0 Å². The lowest BCUT2D eigenvalue weighted by molar-refractivity contribution is -0.130. The quantitative estimate of drug-likeness (QED) is 0.805. The molecule has 6 nitrogen and oxygen atoms in total. The highest BCUT2D eigenvalue weighted by Crippen LogP contribution is 2.24. The fourth-order valence-corrected chi connectivity index (χ4v) is 3.41. The van der Waals surface area contributed by atoms with E-state index in [0.717, 1.165) is 50.5 Å². The summed E-state index contributed by atoms with van der Waals surface area (Å²) in [5.41, 5.74) is 1.01. The van der Waals surface area contributed by atoms with E-state index in [1.807, 2.05) is 38.2 Å². The van der Waals surface area contributed by atoms with Crippen LogP contribution in [0.15, 0.2) is 18.3 Å². The Kier molecular flexibility index (Phi) is 4.82. The maximum absolute atomic E-state index is 12.1. The molecule has 1 amide bonds. The Labute approximate surface area is 138 Å². The van der Waals surface area contributed by atoms with Gasteiger partial charge < -0.3 is 14.5 Å². The van der Waals surface area contributed by atoms with E-state index < -0.39 is 0 Å². The fourth-order valence-electron chi connectivity index (χ4n) is 3.41. The molecule has 0 aromatic carbocycles. The van der Waals surface area contributed by atoms with Crippen molar-refractivity contribution < 1.29 is 9.53 Å². The van der Waals surface area contributed by atoms with Gasteiger partial charge in [-0.2, -0.15) is 0 Å². The average Bonchev–Trinajstić information content (AvgIpc) is 3.07. The van der Waals surface area contributed by atoms with Crippen molar-refractivity contribution in [1.82, 2.24) is 19.7 Å². The number of rotatable bonds is 5. The number of ether oxygens (including phenoxy) is 1. The number of pyridine rings is 1. The number of hydrogen-bond acceptors (Lipinski definition) is 5. The van der Waals surface area contributed by atoms with Gasteiger partial charge in [-0.05, 0) is 33.0 Å². The second-order valence-electron chi connectivity index (χ2n) is 6.81. The van der Waals surface area contributed by atoms with E-state index in [4.69, 9.17) is 4.74 Å². The predicted octanol–water partition coefficient (Wildman–Crippen LogP) is 0.827. The molecule has 2 atom stereocenters. The third-order valence-electron chi connectivity index (χ3n) is 4.59. The second-order valence-corrected chi connectivity index (χ2v) is 6.81. The molecular weight excluding hydrogens is 292 g/mol. The van der Waals surface area contributed by atoms with E-state index in [1.165, 1.54) is 0 Å². The zero-order valence-electron chi connectivity index (χ0n) is 14.2. The van der Waals surface area contributed by atoms with Crippen molar-refractivity contribution in [3.63, 3.8) is 0 Å². The minimum absolute atomic E-state index is 0.0512. The molecule has 1 aromatic rings. The smallest absolute Gasteiger partial charge is 0.239 e. The number of likely N-dealkylation sites (N-methyl/N-ethyl adjacent to an activating group) is 1. The Hall–Kier alpha value is -1.66. The Balaban J connectivity index is 1.57. The molecule has 0 bridgehead atoms. The number of likely N-dealkylation sites (tertiary alicyclic amines) is 2. The molecule has 2 aliphatic heterocycles. The third-order valence-corrected chi connectivity index (χ3v) is 4.59. The highest BCUT2D eigenvalue weighted by Gasteiger charge is 2.38. The van der Waals surface area contributed by atoms with Gasteiger partial charge in [-0.3, -0.25) is 14.7 Å². The van der Waals surface area contributed by atoms with Crippen molar-refractivity contribution in [1.29, 1.82) is 0 Å². The Bertz CT molecular complexity index is 563. The van der Waals surface area contributed by atoms with Gasteiger partial charge in [0.2, 0.25) is 5.91 Å². The van der Waals surface area contributed by atoms with Gasteiger partial charge in [-0.25, -0.2) is 0 Å². The number of hydrogen-bond donors (Lipinski definition) is 0. The number of carbonyl (C=O) groups is 1. The van der Waals surface area contributed by atoms with Gasteiger partial charge in [0, 0.05) is 45.5 Å². The molecule has 2 aliphatic rings. The molecule has 0 aliphatic carbocycles. The lowest BCUT2D eigenvalue weighted by atomic mass is 10.2. The summed E-state index contributed by atoms with van der Waals surface area (Å²) < 4.78 is 6.12. The third kappa shape index (κ3) is 3.82. The first-order valence-electron chi connectivity index (χ1n) is 8.28. The first kappa shape index (κ1) is 16.2. The maximum Gasteiger partial charge on any atom is 0.239 e. The zero-order chi connectivity index (χ0) is 16.4. The SMILES string of the molecule is CN(C)Cc1cc(OC2CCN(C3CCN(C)C3=O)C2)ccn1. The average molecular weight is 318 g/mol.